The summed E-state index contributed by atoms with van der Waals surface area (Å²) < 4.78 is 32.9. The molecule has 0 aliphatic carbocycles. The van der Waals surface area contributed by atoms with Crippen LogP contribution in [0.2, 0.25) is 0 Å². The van der Waals surface area contributed by atoms with Gasteiger partial charge in [0.2, 0.25) is 7.44 Å². The number of nitrogens with one attached hydrogen (secondary N) is 2. The zero-order valence-corrected chi connectivity index (χ0v) is 25.2. The Morgan fingerprint density at radius 2 is 1.61 bits per heavy atom. The molecule has 0 spiro atoms. The molecule has 3 aromatic rings. The Morgan fingerprint density at radius 1 is 0.951 bits per heavy atom. The zero-order chi connectivity index (χ0) is 30.2. The number of imidazole rings is 1. The summed E-state index contributed by atoms with van der Waals surface area (Å²) in [6.07, 6.45) is 1.60. The van der Waals surface area contributed by atoms with Gasteiger partial charge in [0, 0.05) is 0 Å². The largest absolute Gasteiger partial charge is 0.462 e. The molecule has 0 aliphatic rings. The first-order chi connectivity index (χ1) is 19.4. The van der Waals surface area contributed by atoms with Gasteiger partial charge in [0.25, 0.3) is 0 Å². The third-order valence-electron chi connectivity index (χ3n) is 5.82. The first kappa shape index (κ1) is 32.1. The number of aromatic nitrogens is 4. The topological polar surface area (TPSA) is 173 Å². The molecule has 2 aromatic heterocycles. The number of nitrogens with zero attached hydrogens (tertiary/aromatic N) is 4. The maximum atomic E-state index is 14.3. The fraction of sp³-hybridized carbons (Fsp3) is 0.519. The lowest BCUT2D eigenvalue weighted by Gasteiger charge is -2.29. The smallest absolute Gasteiger partial charge is 0.324 e. The minimum atomic E-state index is -3.76. The quantitative estimate of drug-likeness (QED) is 0.175. The molecule has 1 aromatic carbocycles. The summed E-state index contributed by atoms with van der Waals surface area (Å²) in [7, 11) is -3.76. The van der Waals surface area contributed by atoms with Crippen molar-refractivity contribution in [2.45, 2.75) is 84.9 Å². The van der Waals surface area contributed by atoms with E-state index in [0.29, 0.717) is 17.7 Å². The van der Waals surface area contributed by atoms with E-state index in [1.54, 1.807) is 52.4 Å². The van der Waals surface area contributed by atoms with Crippen LogP contribution in [-0.2, 0) is 41.3 Å². The third-order valence-corrected chi connectivity index (χ3v) is 7.86. The SMILES string of the molecule is CC(C)OC(=O)[C@H](C)N[P@](=O)(CO[C@H](C)Cn1cnc2c(N)ncnc21)N[C@H](Cc1ccccc1)C(=O)OC(C)C. The van der Waals surface area contributed by atoms with Gasteiger partial charge in [0.15, 0.2) is 11.5 Å². The molecule has 0 bridgehead atoms. The van der Waals surface area contributed by atoms with Crippen molar-refractivity contribution in [2.24, 2.45) is 0 Å². The van der Waals surface area contributed by atoms with Gasteiger partial charge in [-0.05, 0) is 53.5 Å². The molecule has 0 unspecified atom stereocenters. The third kappa shape index (κ3) is 9.60. The van der Waals surface area contributed by atoms with Crippen molar-refractivity contribution >= 4 is 36.4 Å². The Hall–Kier alpha value is -3.38. The van der Waals surface area contributed by atoms with E-state index in [1.807, 2.05) is 30.3 Å². The van der Waals surface area contributed by atoms with Crippen LogP contribution in [0.3, 0.4) is 0 Å². The molecule has 0 saturated carbocycles. The second-order valence-corrected chi connectivity index (χ2v) is 12.6. The summed E-state index contributed by atoms with van der Waals surface area (Å²) in [6, 6.07) is 7.36. The van der Waals surface area contributed by atoms with Gasteiger partial charge in [-0.25, -0.2) is 25.1 Å². The summed E-state index contributed by atoms with van der Waals surface area (Å²) in [4.78, 5) is 38.1. The molecular formula is C27H40N7O6P. The number of esters is 2. The van der Waals surface area contributed by atoms with Crippen LogP contribution < -0.4 is 15.9 Å². The molecule has 14 heteroatoms. The Bertz CT molecular complexity index is 1350. The number of fused-ring (bicyclic) bond motifs is 1. The Labute approximate surface area is 240 Å². The number of anilines is 1. The molecule has 4 atom stereocenters. The fourth-order valence-electron chi connectivity index (χ4n) is 4.00. The summed E-state index contributed by atoms with van der Waals surface area (Å²) >= 11 is 0. The van der Waals surface area contributed by atoms with E-state index in [1.165, 1.54) is 6.33 Å². The van der Waals surface area contributed by atoms with Gasteiger partial charge in [-0.3, -0.25) is 14.2 Å². The van der Waals surface area contributed by atoms with Crippen LogP contribution in [0.25, 0.3) is 11.2 Å². The molecule has 41 heavy (non-hydrogen) atoms. The van der Waals surface area contributed by atoms with E-state index in [2.05, 4.69) is 25.1 Å². The van der Waals surface area contributed by atoms with Crippen LogP contribution >= 0.6 is 7.44 Å². The molecule has 4 N–H and O–H groups in total. The van der Waals surface area contributed by atoms with Gasteiger partial charge in [-0.15, -0.1) is 0 Å². The molecule has 0 aliphatic heterocycles. The molecule has 0 saturated heterocycles. The lowest BCUT2D eigenvalue weighted by atomic mass is 10.1. The predicted molar refractivity (Wildman–Crippen MR) is 155 cm³/mol. The minimum absolute atomic E-state index is 0.209. The van der Waals surface area contributed by atoms with Crippen molar-refractivity contribution in [3.05, 3.63) is 48.5 Å². The van der Waals surface area contributed by atoms with E-state index in [9.17, 15) is 14.2 Å². The van der Waals surface area contributed by atoms with Gasteiger partial charge >= 0.3 is 11.9 Å². The van der Waals surface area contributed by atoms with E-state index in [0.717, 1.165) is 5.56 Å². The molecule has 3 rings (SSSR count). The highest BCUT2D eigenvalue weighted by Gasteiger charge is 2.35. The van der Waals surface area contributed by atoms with Crippen LogP contribution in [0, 0.1) is 0 Å². The zero-order valence-electron chi connectivity index (χ0n) is 24.3. The normalized spacial score (nSPS) is 15.4. The lowest BCUT2D eigenvalue weighted by Crippen LogP contribution is -2.45. The molecule has 0 radical (unpaired) electrons. The number of hydrogen-bond donors (Lipinski definition) is 3. The second-order valence-electron chi connectivity index (χ2n) is 10.4. The molecule has 224 valence electrons. The Balaban J connectivity index is 1.81. The summed E-state index contributed by atoms with van der Waals surface area (Å²) in [6.45, 7) is 10.6. The number of carbonyl (C=O) groups is 2. The molecule has 2 heterocycles. The first-order valence-electron chi connectivity index (χ1n) is 13.5. The van der Waals surface area contributed by atoms with Gasteiger partial charge in [-0.2, -0.15) is 0 Å². The van der Waals surface area contributed by atoms with E-state index in [4.69, 9.17) is 19.9 Å². The number of nitrogen functional groups attached to an aromatic ring is 1. The van der Waals surface area contributed by atoms with Crippen molar-refractivity contribution in [3.63, 3.8) is 0 Å². The maximum absolute atomic E-state index is 14.3. The van der Waals surface area contributed by atoms with Crippen LogP contribution in [-0.4, -0.2) is 68.2 Å². The monoisotopic (exact) mass is 589 g/mol. The molecule has 0 amide bonds. The number of benzene rings is 1. The van der Waals surface area contributed by atoms with E-state index >= 15 is 0 Å². The lowest BCUT2D eigenvalue weighted by molar-refractivity contribution is -0.149. The molecular weight excluding hydrogens is 549 g/mol. The summed E-state index contributed by atoms with van der Waals surface area (Å²) in [5.41, 5.74) is 7.74. The summed E-state index contributed by atoms with van der Waals surface area (Å²) in [5, 5.41) is 5.81. The second kappa shape index (κ2) is 14.5. The van der Waals surface area contributed by atoms with Crippen molar-refractivity contribution in [1.82, 2.24) is 29.7 Å². The van der Waals surface area contributed by atoms with Crippen molar-refractivity contribution in [2.75, 3.05) is 12.1 Å². The van der Waals surface area contributed by atoms with E-state index < -0.39 is 37.6 Å². The maximum Gasteiger partial charge on any atom is 0.324 e. The van der Waals surface area contributed by atoms with Crippen LogP contribution in [0.15, 0.2) is 43.0 Å². The first-order valence-corrected chi connectivity index (χ1v) is 15.4. The van der Waals surface area contributed by atoms with Crippen molar-refractivity contribution in [3.8, 4) is 0 Å². The number of nitrogens with two attached hydrogens (primary N) is 1. The standard InChI is InChI=1S/C27H40N7O6P/c1-17(2)39-26(35)20(6)32-41(37,33-22(27(36)40-18(3)4)12-21-10-8-7-9-11-21)16-38-19(5)13-34-15-31-23-24(28)29-14-30-25(23)34/h7-11,14-15,17-20,22H,12-13,16H2,1-6H3,(H2,28,29,30)(H2,32,33,37)/t19-,20+,22-,41-/m1/s1. The van der Waals surface area contributed by atoms with Gasteiger partial charge in [-0.1, -0.05) is 30.3 Å². The molecule has 13 nitrogen and oxygen atoms in total. The number of hydrogen-bond acceptors (Lipinski definition) is 10. The van der Waals surface area contributed by atoms with Crippen LogP contribution in [0.4, 0.5) is 5.82 Å². The highest BCUT2D eigenvalue weighted by molar-refractivity contribution is 7.59. The summed E-state index contributed by atoms with van der Waals surface area (Å²) in [5.74, 6) is -0.889. The highest BCUT2D eigenvalue weighted by Crippen LogP contribution is 2.39. The fourth-order valence-corrected chi connectivity index (χ4v) is 6.12. The average molecular weight is 590 g/mol. The van der Waals surface area contributed by atoms with Crippen LogP contribution in [0.1, 0.15) is 47.1 Å². The molecule has 0 fully saturated rings. The number of rotatable bonds is 15. The van der Waals surface area contributed by atoms with E-state index in [-0.39, 0.29) is 30.8 Å². The Morgan fingerprint density at radius 3 is 2.27 bits per heavy atom. The number of carbonyl (C=O) groups excluding carboxylic acids is 2. The predicted octanol–water partition coefficient (Wildman–Crippen LogP) is 3.05. The average Bonchev–Trinajstić information content (AvgIpc) is 3.31. The van der Waals surface area contributed by atoms with Crippen LogP contribution in [0.5, 0.6) is 0 Å². The Kier molecular flexibility index (Phi) is 11.4. The number of ether oxygens (including phenoxy) is 3. The van der Waals surface area contributed by atoms with Crippen molar-refractivity contribution < 1.29 is 28.4 Å². The van der Waals surface area contributed by atoms with Gasteiger partial charge in [0.1, 0.15) is 30.3 Å². The highest BCUT2D eigenvalue weighted by atomic mass is 31.2. The minimum Gasteiger partial charge on any atom is -0.462 e. The van der Waals surface area contributed by atoms with Crippen molar-refractivity contribution in [1.29, 1.82) is 0 Å². The van der Waals surface area contributed by atoms with Gasteiger partial charge < -0.3 is 24.5 Å². The van der Waals surface area contributed by atoms with Gasteiger partial charge in [0.05, 0.1) is 31.2 Å².